The predicted molar refractivity (Wildman–Crippen MR) is 95.7 cm³/mol. The van der Waals surface area contributed by atoms with Gasteiger partial charge in [-0.2, -0.15) is 0 Å². The van der Waals surface area contributed by atoms with E-state index in [1.54, 1.807) is 36.1 Å². The van der Waals surface area contributed by atoms with Crippen LogP contribution < -0.4 is 10.6 Å². The first kappa shape index (κ1) is 17.1. The maximum Gasteiger partial charge on any atom is 0.268 e. The van der Waals surface area contributed by atoms with Crippen LogP contribution in [0, 0.1) is 0 Å². The van der Waals surface area contributed by atoms with E-state index in [4.69, 9.17) is 16.0 Å². The minimum atomic E-state index is -0.320. The summed E-state index contributed by atoms with van der Waals surface area (Å²) < 4.78 is 7.00. The Hall–Kier alpha value is -2.73. The third-order valence-electron chi connectivity index (χ3n) is 3.93. The monoisotopic (exact) mass is 359 g/mol. The molecule has 2 heterocycles. The molecule has 0 bridgehead atoms. The Bertz CT molecular complexity index is 913. The minimum Gasteiger partial charge on any atom is -0.463 e. The van der Waals surface area contributed by atoms with Gasteiger partial charge in [-0.05, 0) is 24.1 Å². The summed E-state index contributed by atoms with van der Waals surface area (Å²) in [5.41, 5.74) is 2.96. The molecule has 0 saturated carbocycles. The highest BCUT2D eigenvalue weighted by molar-refractivity contribution is 6.30. The molecule has 0 unspecified atom stereocenters. The van der Waals surface area contributed by atoms with Crippen LogP contribution in [0.15, 0.2) is 47.1 Å². The van der Waals surface area contributed by atoms with Crippen LogP contribution in [0.5, 0.6) is 0 Å². The molecule has 25 heavy (non-hydrogen) atoms. The van der Waals surface area contributed by atoms with Gasteiger partial charge in [-0.1, -0.05) is 23.7 Å². The third-order valence-corrected chi connectivity index (χ3v) is 4.17. The molecule has 2 N–H and O–H groups in total. The summed E-state index contributed by atoms with van der Waals surface area (Å²) in [4.78, 5) is 24.1. The van der Waals surface area contributed by atoms with Crippen molar-refractivity contribution in [3.63, 3.8) is 0 Å². The molecule has 2 aromatic heterocycles. The number of hydrogen-bond donors (Lipinski definition) is 2. The number of rotatable bonds is 6. The first-order valence-electron chi connectivity index (χ1n) is 7.87. The van der Waals surface area contributed by atoms with Crippen molar-refractivity contribution in [3.8, 4) is 0 Å². The fraction of sp³-hybridized carbons (Fsp3) is 0.222. The summed E-state index contributed by atoms with van der Waals surface area (Å²) in [6.45, 7) is 0.396. The minimum absolute atomic E-state index is 0.0824. The number of aryl methyl sites for hydroxylation is 1. The van der Waals surface area contributed by atoms with Gasteiger partial charge in [-0.25, -0.2) is 0 Å². The number of nitrogens with one attached hydrogen (secondary N) is 2. The lowest BCUT2D eigenvalue weighted by atomic mass is 10.1. The van der Waals surface area contributed by atoms with Crippen LogP contribution >= 0.6 is 11.6 Å². The molecule has 2 amide bonds. The van der Waals surface area contributed by atoms with Crippen molar-refractivity contribution in [1.82, 2.24) is 15.2 Å². The van der Waals surface area contributed by atoms with Gasteiger partial charge in [0.05, 0.1) is 18.3 Å². The molecule has 0 radical (unpaired) electrons. The standard InChI is InChI=1S/C18H18ClN3O3/c1-22-14-6-8-25-16(14)10-15(22)18(24)21-11-17(23)20-7-5-12-3-2-4-13(19)9-12/h2-4,6,8-10H,5,7,11H2,1H3,(H,20,23)(H,21,24). The summed E-state index contributed by atoms with van der Waals surface area (Å²) in [5, 5.41) is 6.06. The zero-order valence-electron chi connectivity index (χ0n) is 13.7. The number of carbonyl (C=O) groups excluding carboxylic acids is 2. The Morgan fingerprint density at radius 2 is 2.04 bits per heavy atom. The topological polar surface area (TPSA) is 76.3 Å². The van der Waals surface area contributed by atoms with Crippen LogP contribution in [-0.4, -0.2) is 29.5 Å². The molecule has 0 aliphatic rings. The van der Waals surface area contributed by atoms with Gasteiger partial charge in [0.25, 0.3) is 5.91 Å². The average molecular weight is 360 g/mol. The van der Waals surface area contributed by atoms with Crippen molar-refractivity contribution in [3.05, 3.63) is 58.9 Å². The summed E-state index contributed by atoms with van der Waals surface area (Å²) in [6, 6.07) is 10.9. The van der Waals surface area contributed by atoms with E-state index in [1.807, 2.05) is 18.2 Å². The molecule has 130 valence electrons. The predicted octanol–water partition coefficient (Wildman–Crippen LogP) is 2.51. The van der Waals surface area contributed by atoms with Crippen molar-refractivity contribution in [2.45, 2.75) is 6.42 Å². The van der Waals surface area contributed by atoms with Crippen LogP contribution in [0.3, 0.4) is 0 Å². The fourth-order valence-corrected chi connectivity index (χ4v) is 2.83. The maximum absolute atomic E-state index is 12.2. The van der Waals surface area contributed by atoms with E-state index in [9.17, 15) is 9.59 Å². The van der Waals surface area contributed by atoms with Crippen LogP contribution in [0.2, 0.25) is 5.02 Å². The lowest BCUT2D eigenvalue weighted by Gasteiger charge is -2.08. The zero-order valence-corrected chi connectivity index (χ0v) is 14.5. The van der Waals surface area contributed by atoms with E-state index < -0.39 is 0 Å². The van der Waals surface area contributed by atoms with Crippen molar-refractivity contribution in [2.24, 2.45) is 7.05 Å². The number of amides is 2. The highest BCUT2D eigenvalue weighted by atomic mass is 35.5. The summed E-state index contributed by atoms with van der Waals surface area (Å²) in [6.07, 6.45) is 2.24. The van der Waals surface area contributed by atoms with Crippen LogP contribution in [0.25, 0.3) is 11.1 Å². The van der Waals surface area contributed by atoms with Gasteiger partial charge in [0, 0.05) is 30.7 Å². The zero-order chi connectivity index (χ0) is 17.8. The lowest BCUT2D eigenvalue weighted by Crippen LogP contribution is -2.38. The second-order valence-corrected chi connectivity index (χ2v) is 6.11. The number of furan rings is 1. The molecule has 0 aliphatic heterocycles. The van der Waals surface area contributed by atoms with Gasteiger partial charge in [0.2, 0.25) is 5.91 Å². The normalized spacial score (nSPS) is 10.8. The first-order valence-corrected chi connectivity index (χ1v) is 8.24. The highest BCUT2D eigenvalue weighted by Gasteiger charge is 2.15. The van der Waals surface area contributed by atoms with Gasteiger partial charge >= 0.3 is 0 Å². The van der Waals surface area contributed by atoms with Crippen molar-refractivity contribution < 1.29 is 14.0 Å². The molecule has 0 spiro atoms. The Morgan fingerprint density at radius 3 is 2.80 bits per heavy atom. The van der Waals surface area contributed by atoms with E-state index in [0.717, 1.165) is 11.1 Å². The number of aromatic nitrogens is 1. The lowest BCUT2D eigenvalue weighted by molar-refractivity contribution is -0.120. The van der Waals surface area contributed by atoms with Crippen LogP contribution in [0.4, 0.5) is 0 Å². The molecular formula is C18H18ClN3O3. The smallest absolute Gasteiger partial charge is 0.268 e. The number of carbonyl (C=O) groups is 2. The van der Waals surface area contributed by atoms with Gasteiger partial charge in [-0.3, -0.25) is 9.59 Å². The molecule has 0 saturated heterocycles. The Morgan fingerprint density at radius 1 is 1.20 bits per heavy atom. The fourth-order valence-electron chi connectivity index (χ4n) is 2.62. The van der Waals surface area contributed by atoms with Crippen molar-refractivity contribution >= 4 is 34.5 Å². The van der Waals surface area contributed by atoms with Crippen LogP contribution in [0.1, 0.15) is 16.1 Å². The van der Waals surface area contributed by atoms with E-state index in [-0.39, 0.29) is 18.4 Å². The molecular weight excluding hydrogens is 342 g/mol. The SMILES string of the molecule is Cn1c(C(=O)NCC(=O)NCCc2cccc(Cl)c2)cc2occc21. The Balaban J connectivity index is 1.46. The second-order valence-electron chi connectivity index (χ2n) is 5.67. The Labute approximate surface area is 149 Å². The second kappa shape index (κ2) is 7.44. The largest absolute Gasteiger partial charge is 0.463 e. The number of benzene rings is 1. The van der Waals surface area contributed by atoms with Gasteiger partial charge in [0.15, 0.2) is 5.58 Å². The molecule has 3 aromatic rings. The van der Waals surface area contributed by atoms with E-state index in [1.165, 1.54) is 0 Å². The number of hydrogen-bond acceptors (Lipinski definition) is 3. The molecule has 0 aliphatic carbocycles. The van der Waals surface area contributed by atoms with Gasteiger partial charge in [0.1, 0.15) is 5.69 Å². The Kier molecular flexibility index (Phi) is 5.09. The molecule has 1 aromatic carbocycles. The number of halogens is 1. The molecule has 0 fully saturated rings. The summed E-state index contributed by atoms with van der Waals surface area (Å²) in [5.74, 6) is -0.563. The van der Waals surface area contributed by atoms with Gasteiger partial charge < -0.3 is 19.6 Å². The van der Waals surface area contributed by atoms with Crippen LogP contribution in [-0.2, 0) is 18.3 Å². The third kappa shape index (κ3) is 4.03. The van der Waals surface area contributed by atoms with E-state index in [2.05, 4.69) is 10.6 Å². The number of fused-ring (bicyclic) bond motifs is 1. The summed E-state index contributed by atoms with van der Waals surface area (Å²) >= 11 is 5.92. The number of nitrogens with zero attached hydrogens (tertiary/aromatic N) is 1. The van der Waals surface area contributed by atoms with E-state index in [0.29, 0.717) is 29.3 Å². The summed E-state index contributed by atoms with van der Waals surface area (Å²) in [7, 11) is 1.78. The van der Waals surface area contributed by atoms with Gasteiger partial charge in [-0.15, -0.1) is 0 Å². The molecule has 3 rings (SSSR count). The van der Waals surface area contributed by atoms with Crippen molar-refractivity contribution in [1.29, 1.82) is 0 Å². The molecule has 0 atom stereocenters. The highest BCUT2D eigenvalue weighted by Crippen LogP contribution is 2.19. The van der Waals surface area contributed by atoms with Crippen molar-refractivity contribution in [2.75, 3.05) is 13.1 Å². The average Bonchev–Trinajstić information content (AvgIpc) is 3.16. The molecule has 7 heteroatoms. The first-order chi connectivity index (χ1) is 12.0. The molecule has 6 nitrogen and oxygen atoms in total. The van der Waals surface area contributed by atoms with E-state index >= 15 is 0 Å². The maximum atomic E-state index is 12.2. The quantitative estimate of drug-likeness (QED) is 0.710.